The predicted molar refractivity (Wildman–Crippen MR) is 88.1 cm³/mol. The molecule has 7 nitrogen and oxygen atoms in total. The van der Waals surface area contributed by atoms with Gasteiger partial charge in [-0.3, -0.25) is 10.1 Å². The Hall–Kier alpha value is -2.48. The van der Waals surface area contributed by atoms with Gasteiger partial charge in [0.1, 0.15) is 21.3 Å². The van der Waals surface area contributed by atoms with Crippen molar-refractivity contribution in [1.82, 2.24) is 4.98 Å². The second kappa shape index (κ2) is 6.74. The molecule has 2 aromatic rings. The highest BCUT2D eigenvalue weighted by Crippen LogP contribution is 2.23. The molecule has 0 unspecified atom stereocenters. The van der Waals surface area contributed by atoms with Gasteiger partial charge in [0.15, 0.2) is 0 Å². The van der Waals surface area contributed by atoms with E-state index in [1.807, 2.05) is 30.3 Å². The zero-order valence-electron chi connectivity index (χ0n) is 12.8. The predicted octanol–water partition coefficient (Wildman–Crippen LogP) is 2.50. The van der Waals surface area contributed by atoms with Crippen molar-refractivity contribution in [1.29, 1.82) is 0 Å². The van der Waals surface area contributed by atoms with Gasteiger partial charge in [-0.1, -0.05) is 30.3 Å². The number of aryl methyl sites for hydroxylation is 1. The lowest BCUT2D eigenvalue weighted by molar-refractivity contribution is -0.385. The molecule has 0 aliphatic rings. The third-order valence-electron chi connectivity index (χ3n) is 3.25. The van der Waals surface area contributed by atoms with Crippen LogP contribution in [-0.2, 0) is 9.84 Å². The molecule has 1 heterocycles. The summed E-state index contributed by atoms with van der Waals surface area (Å²) in [7, 11) is -3.22. The van der Waals surface area contributed by atoms with Gasteiger partial charge < -0.3 is 5.32 Å². The van der Waals surface area contributed by atoms with Crippen LogP contribution in [0.4, 0.5) is 11.5 Å². The molecule has 0 amide bonds. The fourth-order valence-corrected chi connectivity index (χ4v) is 3.10. The Morgan fingerprint density at radius 2 is 1.87 bits per heavy atom. The van der Waals surface area contributed by atoms with E-state index in [1.54, 1.807) is 0 Å². The van der Waals surface area contributed by atoms with Gasteiger partial charge in [0.05, 0.1) is 16.7 Å². The van der Waals surface area contributed by atoms with Gasteiger partial charge in [0.25, 0.3) is 5.69 Å². The van der Waals surface area contributed by atoms with E-state index in [-0.39, 0.29) is 17.1 Å². The zero-order valence-corrected chi connectivity index (χ0v) is 13.6. The SMILES string of the molecule is Cc1nc(N[C@@H](CS(C)(=O)=O)c2ccccc2)ccc1[N+](=O)[O-]. The highest BCUT2D eigenvalue weighted by atomic mass is 32.2. The molecule has 122 valence electrons. The second-order valence-electron chi connectivity index (χ2n) is 5.26. The largest absolute Gasteiger partial charge is 0.362 e. The van der Waals surface area contributed by atoms with Crippen molar-refractivity contribution >= 4 is 21.3 Å². The molecule has 0 saturated carbocycles. The van der Waals surface area contributed by atoms with Crippen LogP contribution in [-0.4, -0.2) is 30.3 Å². The average Bonchev–Trinajstić information content (AvgIpc) is 2.46. The van der Waals surface area contributed by atoms with Crippen LogP contribution in [0.25, 0.3) is 0 Å². The Morgan fingerprint density at radius 1 is 1.22 bits per heavy atom. The van der Waals surface area contributed by atoms with Gasteiger partial charge in [-0.15, -0.1) is 0 Å². The molecule has 23 heavy (non-hydrogen) atoms. The number of nitrogens with zero attached hydrogens (tertiary/aromatic N) is 2. The van der Waals surface area contributed by atoms with Gasteiger partial charge >= 0.3 is 0 Å². The summed E-state index contributed by atoms with van der Waals surface area (Å²) < 4.78 is 23.3. The summed E-state index contributed by atoms with van der Waals surface area (Å²) in [5, 5.41) is 13.9. The summed E-state index contributed by atoms with van der Waals surface area (Å²) in [6.07, 6.45) is 1.17. The number of pyridine rings is 1. The smallest absolute Gasteiger partial charge is 0.290 e. The van der Waals surface area contributed by atoms with E-state index < -0.39 is 20.8 Å². The monoisotopic (exact) mass is 335 g/mol. The van der Waals surface area contributed by atoms with E-state index in [4.69, 9.17) is 0 Å². The highest BCUT2D eigenvalue weighted by Gasteiger charge is 2.19. The maximum atomic E-state index is 11.7. The molecule has 1 atom stereocenters. The van der Waals surface area contributed by atoms with Crippen LogP contribution in [0.2, 0.25) is 0 Å². The van der Waals surface area contributed by atoms with Gasteiger partial charge in [0, 0.05) is 12.3 Å². The summed E-state index contributed by atoms with van der Waals surface area (Å²) in [4.78, 5) is 14.5. The van der Waals surface area contributed by atoms with E-state index in [1.165, 1.54) is 25.3 Å². The minimum atomic E-state index is -3.22. The average molecular weight is 335 g/mol. The van der Waals surface area contributed by atoms with Crippen LogP contribution in [0, 0.1) is 17.0 Å². The third kappa shape index (κ3) is 4.75. The lowest BCUT2D eigenvalue weighted by atomic mass is 10.1. The van der Waals surface area contributed by atoms with Gasteiger partial charge in [-0.05, 0) is 18.6 Å². The molecule has 0 aliphatic carbocycles. The number of sulfone groups is 1. The maximum Gasteiger partial charge on any atom is 0.290 e. The van der Waals surface area contributed by atoms with Crippen LogP contribution in [0.3, 0.4) is 0 Å². The molecule has 0 radical (unpaired) electrons. The van der Waals surface area contributed by atoms with Crippen LogP contribution < -0.4 is 5.32 Å². The minimum Gasteiger partial charge on any atom is -0.362 e. The summed E-state index contributed by atoms with van der Waals surface area (Å²) >= 11 is 0. The molecule has 1 aromatic carbocycles. The number of rotatable bonds is 6. The molecule has 0 bridgehead atoms. The standard InChI is InChI=1S/C15H17N3O4S/c1-11-14(18(19)20)8-9-15(16-11)17-13(10-23(2,21)22)12-6-4-3-5-7-12/h3-9,13H,10H2,1-2H3,(H,16,17)/t13-/m0/s1. The number of hydrogen-bond acceptors (Lipinski definition) is 6. The number of nitrogens with one attached hydrogen (secondary N) is 1. The number of aromatic nitrogens is 1. The highest BCUT2D eigenvalue weighted by molar-refractivity contribution is 7.90. The number of nitro groups is 1. The Balaban J connectivity index is 2.31. The van der Waals surface area contributed by atoms with Crippen molar-refractivity contribution < 1.29 is 13.3 Å². The molecular weight excluding hydrogens is 318 g/mol. The first kappa shape index (κ1) is 16.9. The van der Waals surface area contributed by atoms with Gasteiger partial charge in [0.2, 0.25) is 0 Å². The number of anilines is 1. The first-order valence-corrected chi connectivity index (χ1v) is 8.93. The van der Waals surface area contributed by atoms with Gasteiger partial charge in [-0.2, -0.15) is 0 Å². The van der Waals surface area contributed by atoms with Crippen LogP contribution in [0.15, 0.2) is 42.5 Å². The first-order valence-electron chi connectivity index (χ1n) is 6.87. The van der Waals surface area contributed by atoms with Crippen molar-refractivity contribution in [2.45, 2.75) is 13.0 Å². The summed E-state index contributed by atoms with van der Waals surface area (Å²) in [6.45, 7) is 1.54. The molecule has 0 aliphatic heterocycles. The van der Waals surface area contributed by atoms with Crippen molar-refractivity contribution in [3.63, 3.8) is 0 Å². The summed E-state index contributed by atoms with van der Waals surface area (Å²) in [6, 6.07) is 11.5. The van der Waals surface area contributed by atoms with E-state index in [0.29, 0.717) is 5.82 Å². The first-order chi connectivity index (χ1) is 10.8. The van der Waals surface area contributed by atoms with Crippen molar-refractivity contribution in [2.75, 3.05) is 17.3 Å². The molecule has 2 rings (SSSR count). The third-order valence-corrected chi connectivity index (χ3v) is 4.19. The van der Waals surface area contributed by atoms with Crippen molar-refractivity contribution in [3.05, 3.63) is 63.8 Å². The number of hydrogen-bond donors (Lipinski definition) is 1. The minimum absolute atomic E-state index is 0.0741. The van der Waals surface area contributed by atoms with Crippen LogP contribution in [0.1, 0.15) is 17.3 Å². The normalized spacial score (nSPS) is 12.6. The zero-order chi connectivity index (χ0) is 17.0. The second-order valence-corrected chi connectivity index (χ2v) is 7.44. The fourth-order valence-electron chi connectivity index (χ4n) is 2.21. The Bertz CT molecular complexity index is 807. The lowest BCUT2D eigenvalue weighted by Crippen LogP contribution is -2.21. The van der Waals surface area contributed by atoms with E-state index in [2.05, 4.69) is 10.3 Å². The fraction of sp³-hybridized carbons (Fsp3) is 0.267. The summed E-state index contributed by atoms with van der Waals surface area (Å²) in [5.41, 5.74) is 0.997. The summed E-state index contributed by atoms with van der Waals surface area (Å²) in [5.74, 6) is 0.292. The topological polar surface area (TPSA) is 102 Å². The lowest BCUT2D eigenvalue weighted by Gasteiger charge is -2.19. The maximum absolute atomic E-state index is 11.7. The van der Waals surface area contributed by atoms with E-state index in [9.17, 15) is 18.5 Å². The van der Waals surface area contributed by atoms with Gasteiger partial charge in [-0.25, -0.2) is 13.4 Å². The Kier molecular flexibility index (Phi) is 4.95. The molecule has 8 heteroatoms. The van der Waals surface area contributed by atoms with E-state index >= 15 is 0 Å². The van der Waals surface area contributed by atoms with Crippen molar-refractivity contribution in [3.8, 4) is 0 Å². The Morgan fingerprint density at radius 3 is 2.39 bits per heavy atom. The van der Waals surface area contributed by atoms with Crippen molar-refractivity contribution in [2.24, 2.45) is 0 Å². The van der Waals surface area contributed by atoms with Crippen LogP contribution >= 0.6 is 0 Å². The molecule has 0 spiro atoms. The molecule has 0 saturated heterocycles. The molecular formula is C15H17N3O4S. The Labute approximate surface area is 134 Å². The molecule has 1 aromatic heterocycles. The number of benzene rings is 1. The quantitative estimate of drug-likeness (QED) is 0.643. The molecule has 1 N–H and O–H groups in total. The van der Waals surface area contributed by atoms with Crippen LogP contribution in [0.5, 0.6) is 0 Å². The molecule has 0 fully saturated rings. The van der Waals surface area contributed by atoms with E-state index in [0.717, 1.165) is 5.56 Å².